The highest BCUT2D eigenvalue weighted by Crippen LogP contribution is 2.26. The van der Waals surface area contributed by atoms with Crippen LogP contribution in [0.3, 0.4) is 0 Å². The Kier molecular flexibility index (Phi) is 4.91. The maximum atomic E-state index is 13.4. The first-order valence-electron chi connectivity index (χ1n) is 6.16. The van der Waals surface area contributed by atoms with Crippen molar-refractivity contribution in [2.24, 2.45) is 0 Å². The summed E-state index contributed by atoms with van der Waals surface area (Å²) in [5, 5.41) is 9.66. The smallest absolute Gasteiger partial charge is 0.312 e. The van der Waals surface area contributed by atoms with E-state index in [2.05, 4.69) is 16.8 Å². The second kappa shape index (κ2) is 6.87. The van der Waals surface area contributed by atoms with Gasteiger partial charge in [0.2, 0.25) is 0 Å². The van der Waals surface area contributed by atoms with Crippen molar-refractivity contribution < 1.29 is 14.3 Å². The zero-order valence-corrected chi connectivity index (χ0v) is 11.6. The van der Waals surface area contributed by atoms with Crippen LogP contribution in [-0.4, -0.2) is 16.1 Å². The molecule has 0 aliphatic heterocycles. The molecule has 1 unspecified atom stereocenters. The highest BCUT2D eigenvalue weighted by molar-refractivity contribution is 6.31. The maximum Gasteiger partial charge on any atom is 0.312 e. The quantitative estimate of drug-likeness (QED) is 0.883. The van der Waals surface area contributed by atoms with Crippen LogP contribution in [0.25, 0.3) is 0 Å². The number of halogens is 2. The van der Waals surface area contributed by atoms with Crippen molar-refractivity contribution in [3.63, 3.8) is 0 Å². The molecule has 0 saturated heterocycles. The van der Waals surface area contributed by atoms with Crippen molar-refractivity contribution in [3.8, 4) is 11.8 Å². The fourth-order valence-electron chi connectivity index (χ4n) is 1.80. The molecule has 1 aromatic heterocycles. The number of hydrogen-bond donors (Lipinski definition) is 1. The average Bonchev–Trinajstić information content (AvgIpc) is 2.46. The van der Waals surface area contributed by atoms with Gasteiger partial charge in [-0.3, -0.25) is 4.79 Å². The van der Waals surface area contributed by atoms with Crippen molar-refractivity contribution in [1.29, 1.82) is 0 Å². The fourth-order valence-corrected chi connectivity index (χ4v) is 2.07. The largest absolute Gasteiger partial charge is 0.481 e. The zero-order chi connectivity index (χ0) is 15.2. The maximum absolute atomic E-state index is 13.4. The molecule has 1 heterocycles. The van der Waals surface area contributed by atoms with Gasteiger partial charge in [0.1, 0.15) is 5.69 Å². The van der Waals surface area contributed by atoms with Crippen molar-refractivity contribution in [3.05, 3.63) is 64.7 Å². The van der Waals surface area contributed by atoms with E-state index >= 15 is 0 Å². The molecule has 1 aromatic carbocycles. The molecule has 5 heteroatoms. The molecule has 106 valence electrons. The Balaban J connectivity index is 2.22. The number of carbonyl (C=O) groups is 1. The number of aromatic nitrogens is 1. The highest BCUT2D eigenvalue weighted by atomic mass is 35.5. The summed E-state index contributed by atoms with van der Waals surface area (Å²) in [6.07, 6.45) is 1.45. The monoisotopic (exact) mass is 303 g/mol. The van der Waals surface area contributed by atoms with E-state index in [0.29, 0.717) is 10.6 Å². The molecule has 0 spiro atoms. The number of aliphatic carboxylic acids is 1. The summed E-state index contributed by atoms with van der Waals surface area (Å²) < 4.78 is 13.4. The predicted octanol–water partition coefficient (Wildman–Crippen LogP) is 3.48. The van der Waals surface area contributed by atoms with Gasteiger partial charge in [0.25, 0.3) is 0 Å². The van der Waals surface area contributed by atoms with Gasteiger partial charge in [-0.15, -0.1) is 0 Å². The minimum absolute atomic E-state index is 0.000738. The van der Waals surface area contributed by atoms with E-state index in [1.54, 1.807) is 24.3 Å². The minimum atomic E-state index is -1.03. The van der Waals surface area contributed by atoms with Crippen molar-refractivity contribution in [2.75, 3.05) is 0 Å². The first-order valence-corrected chi connectivity index (χ1v) is 6.54. The molecule has 0 saturated carbocycles. The second-order valence-electron chi connectivity index (χ2n) is 4.25. The Morgan fingerprint density at radius 1 is 1.33 bits per heavy atom. The van der Waals surface area contributed by atoms with Gasteiger partial charge in [-0.1, -0.05) is 35.7 Å². The zero-order valence-electron chi connectivity index (χ0n) is 10.9. The lowest BCUT2D eigenvalue weighted by Crippen LogP contribution is -2.11. The standard InChI is InChI=1S/C16H11ClFNO2/c17-13-7-2-1-5-11(13)12(16(20)21)6-3-9-15-14(18)8-4-10-19-15/h1-2,4-5,7-8,10,12H,6H2,(H,20,21). The lowest BCUT2D eigenvalue weighted by molar-refractivity contribution is -0.138. The van der Waals surface area contributed by atoms with Crippen LogP contribution in [0.4, 0.5) is 4.39 Å². The molecule has 0 radical (unpaired) electrons. The summed E-state index contributed by atoms with van der Waals surface area (Å²) >= 11 is 6.00. The van der Waals surface area contributed by atoms with Crippen LogP contribution in [0.5, 0.6) is 0 Å². The first-order chi connectivity index (χ1) is 10.1. The highest BCUT2D eigenvalue weighted by Gasteiger charge is 2.20. The molecule has 2 aromatic rings. The van der Waals surface area contributed by atoms with E-state index in [9.17, 15) is 14.3 Å². The third kappa shape index (κ3) is 3.80. The van der Waals surface area contributed by atoms with Crippen molar-refractivity contribution in [1.82, 2.24) is 4.98 Å². The Morgan fingerprint density at radius 2 is 2.10 bits per heavy atom. The number of carboxylic acids is 1. The van der Waals surface area contributed by atoms with Crippen LogP contribution in [0.1, 0.15) is 23.6 Å². The average molecular weight is 304 g/mol. The number of benzene rings is 1. The van der Waals surface area contributed by atoms with Crippen LogP contribution in [-0.2, 0) is 4.79 Å². The Labute approximate surface area is 126 Å². The Bertz CT molecular complexity index is 721. The summed E-state index contributed by atoms with van der Waals surface area (Å²) in [7, 11) is 0. The molecule has 0 aliphatic carbocycles. The van der Waals surface area contributed by atoms with E-state index in [1.807, 2.05) is 0 Å². The summed E-state index contributed by atoms with van der Waals surface area (Å²) in [4.78, 5) is 15.1. The Morgan fingerprint density at radius 3 is 2.76 bits per heavy atom. The van der Waals surface area contributed by atoms with Gasteiger partial charge >= 0.3 is 5.97 Å². The summed E-state index contributed by atoms with van der Waals surface area (Å²) in [5.74, 6) is 2.78. The fraction of sp³-hybridized carbons (Fsp3) is 0.125. The molecule has 1 atom stereocenters. The lowest BCUT2D eigenvalue weighted by Gasteiger charge is -2.10. The van der Waals surface area contributed by atoms with Gasteiger partial charge < -0.3 is 5.11 Å². The molecule has 3 nitrogen and oxygen atoms in total. The normalized spacial score (nSPS) is 11.3. The Hall–Kier alpha value is -2.38. The van der Waals surface area contributed by atoms with Gasteiger partial charge in [0.05, 0.1) is 5.92 Å². The van der Waals surface area contributed by atoms with Crippen LogP contribution < -0.4 is 0 Å². The van der Waals surface area contributed by atoms with Crippen molar-refractivity contribution >= 4 is 17.6 Å². The van der Waals surface area contributed by atoms with Crippen LogP contribution in [0.2, 0.25) is 5.02 Å². The third-order valence-corrected chi connectivity index (χ3v) is 3.19. The van der Waals surface area contributed by atoms with Crippen LogP contribution >= 0.6 is 11.6 Å². The SMILES string of the molecule is O=C(O)C(CC#Cc1ncccc1F)c1ccccc1Cl. The number of hydrogen-bond acceptors (Lipinski definition) is 2. The number of carboxylic acid groups (broad SMARTS) is 1. The van der Waals surface area contributed by atoms with E-state index < -0.39 is 17.7 Å². The predicted molar refractivity (Wildman–Crippen MR) is 77.5 cm³/mol. The van der Waals surface area contributed by atoms with Gasteiger partial charge in [0.15, 0.2) is 5.82 Å². The summed E-state index contributed by atoms with van der Waals surface area (Å²) in [6.45, 7) is 0. The molecule has 1 N–H and O–H groups in total. The van der Waals surface area contributed by atoms with Crippen LogP contribution in [0.15, 0.2) is 42.6 Å². The van der Waals surface area contributed by atoms with Gasteiger partial charge in [0, 0.05) is 17.6 Å². The third-order valence-electron chi connectivity index (χ3n) is 2.85. The van der Waals surface area contributed by atoms with Gasteiger partial charge in [-0.05, 0) is 29.7 Å². The van der Waals surface area contributed by atoms with E-state index in [-0.39, 0.29) is 12.1 Å². The van der Waals surface area contributed by atoms with Crippen molar-refractivity contribution in [2.45, 2.75) is 12.3 Å². The number of pyridine rings is 1. The number of rotatable bonds is 3. The molecular formula is C16H11ClFNO2. The molecule has 0 amide bonds. The molecule has 0 bridgehead atoms. The lowest BCUT2D eigenvalue weighted by atomic mass is 9.96. The molecule has 0 aliphatic rings. The first kappa shape index (κ1) is 15.0. The van der Waals surface area contributed by atoms with E-state index in [4.69, 9.17) is 11.6 Å². The molecule has 2 rings (SSSR count). The minimum Gasteiger partial charge on any atom is -0.481 e. The van der Waals surface area contributed by atoms with E-state index in [1.165, 1.54) is 18.3 Å². The molecule has 21 heavy (non-hydrogen) atoms. The summed E-state index contributed by atoms with van der Waals surface area (Å²) in [5.41, 5.74) is 0.489. The van der Waals surface area contributed by atoms with Gasteiger partial charge in [-0.2, -0.15) is 0 Å². The molecule has 0 fully saturated rings. The molecular weight excluding hydrogens is 293 g/mol. The topological polar surface area (TPSA) is 50.2 Å². The van der Waals surface area contributed by atoms with Crippen LogP contribution in [0, 0.1) is 17.7 Å². The van der Waals surface area contributed by atoms with Gasteiger partial charge in [-0.25, -0.2) is 9.37 Å². The summed E-state index contributed by atoms with van der Waals surface area (Å²) in [6, 6.07) is 9.41. The second-order valence-corrected chi connectivity index (χ2v) is 4.66. The van der Waals surface area contributed by atoms with E-state index in [0.717, 1.165) is 0 Å². The number of nitrogens with zero attached hydrogens (tertiary/aromatic N) is 1.